The second-order valence-corrected chi connectivity index (χ2v) is 10.1. The van der Waals surface area contributed by atoms with Crippen molar-refractivity contribution in [2.75, 3.05) is 44.1 Å². The molecule has 5 rings (SSSR count). The average Bonchev–Trinajstić information content (AvgIpc) is 2.96. The summed E-state index contributed by atoms with van der Waals surface area (Å²) in [4.78, 5) is 40.4. The summed E-state index contributed by atoms with van der Waals surface area (Å²) in [6.45, 7) is 4.51. The molecule has 3 aromatic rings. The Balaban J connectivity index is 1.41. The van der Waals surface area contributed by atoms with E-state index in [9.17, 15) is 14.4 Å². The molecule has 0 unspecified atom stereocenters. The van der Waals surface area contributed by atoms with Crippen molar-refractivity contribution in [1.82, 2.24) is 9.88 Å². The number of methoxy groups -OCH3 is 2. The molecule has 9 heteroatoms. The molecule has 2 atom stereocenters. The number of carbonyl (C=O) groups is 2. The largest absolute Gasteiger partial charge is 0.493 e. The minimum absolute atomic E-state index is 0.0427. The van der Waals surface area contributed by atoms with Crippen LogP contribution >= 0.6 is 0 Å². The molecule has 0 saturated carbocycles. The van der Waals surface area contributed by atoms with Crippen molar-refractivity contribution in [2.24, 2.45) is 5.92 Å². The molecule has 208 valence electrons. The lowest BCUT2D eigenvalue weighted by Crippen LogP contribution is -2.47. The molecule has 1 fully saturated rings. The van der Waals surface area contributed by atoms with E-state index in [2.05, 4.69) is 15.5 Å². The number of hydrogen-bond acceptors (Lipinski definition) is 6. The van der Waals surface area contributed by atoms with Gasteiger partial charge in [0.05, 0.1) is 25.6 Å². The van der Waals surface area contributed by atoms with Crippen LogP contribution in [0.15, 0.2) is 65.5 Å². The molecule has 0 aliphatic carbocycles. The molecule has 1 aromatic heterocycles. The van der Waals surface area contributed by atoms with Gasteiger partial charge in [0.25, 0.3) is 11.5 Å². The fraction of sp³-hybridized carbons (Fsp3) is 0.323. The highest BCUT2D eigenvalue weighted by Gasteiger charge is 2.35. The first-order chi connectivity index (χ1) is 19.4. The standard InChI is InChI=1S/C31H34N4O5/c1-4-32-31(38)22-10-11-26(34-17-21-14-23(19-34)25-6-5-7-30(37)35(25)18-21)24(16-22)33-29(36)13-9-20-8-12-27(39-2)28(15-20)40-3/h5-13,15-16,21,23H,4,14,17-19H2,1-3H3,(H,32,38)(H,33,36)/b13-9+/t21-,23+/m0/s1. The Kier molecular flexibility index (Phi) is 7.91. The predicted octanol–water partition coefficient (Wildman–Crippen LogP) is 3.89. The number of fused-ring (bicyclic) bond motifs is 4. The highest BCUT2D eigenvalue weighted by molar-refractivity contribution is 6.05. The van der Waals surface area contributed by atoms with Gasteiger partial charge in [-0.05, 0) is 67.3 Å². The molecule has 2 bridgehead atoms. The maximum absolute atomic E-state index is 13.1. The van der Waals surface area contributed by atoms with E-state index in [1.54, 1.807) is 50.6 Å². The monoisotopic (exact) mass is 542 g/mol. The summed E-state index contributed by atoms with van der Waals surface area (Å²) in [6.07, 6.45) is 4.18. The number of aromatic nitrogens is 1. The molecule has 0 radical (unpaired) electrons. The van der Waals surface area contributed by atoms with Crippen LogP contribution in [0.4, 0.5) is 11.4 Å². The van der Waals surface area contributed by atoms with Gasteiger partial charge in [0, 0.05) is 55.5 Å². The number of piperidine rings is 1. The molecule has 0 spiro atoms. The second-order valence-electron chi connectivity index (χ2n) is 10.1. The molecule has 2 aliphatic heterocycles. The molecule has 2 amide bonds. The fourth-order valence-corrected chi connectivity index (χ4v) is 5.71. The number of rotatable bonds is 8. The Bertz CT molecular complexity index is 1510. The molecule has 2 aliphatic rings. The lowest BCUT2D eigenvalue weighted by Gasteiger charge is -2.44. The van der Waals surface area contributed by atoms with Gasteiger partial charge >= 0.3 is 0 Å². The van der Waals surface area contributed by atoms with E-state index in [-0.39, 0.29) is 23.3 Å². The van der Waals surface area contributed by atoms with Gasteiger partial charge in [-0.3, -0.25) is 14.4 Å². The number of carbonyl (C=O) groups excluding carboxylic acids is 2. The van der Waals surface area contributed by atoms with E-state index in [4.69, 9.17) is 9.47 Å². The molecule has 3 heterocycles. The molecular formula is C31H34N4O5. The third-order valence-electron chi connectivity index (χ3n) is 7.51. The predicted molar refractivity (Wildman–Crippen MR) is 155 cm³/mol. The first-order valence-corrected chi connectivity index (χ1v) is 13.5. The fourth-order valence-electron chi connectivity index (χ4n) is 5.71. The summed E-state index contributed by atoms with van der Waals surface area (Å²) >= 11 is 0. The third kappa shape index (κ3) is 5.59. The topological polar surface area (TPSA) is 102 Å². The highest BCUT2D eigenvalue weighted by Crippen LogP contribution is 2.39. The molecule has 40 heavy (non-hydrogen) atoms. The van der Waals surface area contributed by atoms with Gasteiger partial charge < -0.3 is 29.6 Å². The Labute approximate surface area is 233 Å². The lowest BCUT2D eigenvalue weighted by atomic mass is 9.83. The van der Waals surface area contributed by atoms with Crippen molar-refractivity contribution in [3.63, 3.8) is 0 Å². The summed E-state index contributed by atoms with van der Waals surface area (Å²) in [7, 11) is 3.13. The number of nitrogens with zero attached hydrogens (tertiary/aromatic N) is 2. The van der Waals surface area contributed by atoms with Crippen LogP contribution in [0.2, 0.25) is 0 Å². The van der Waals surface area contributed by atoms with Crippen LogP contribution in [0.3, 0.4) is 0 Å². The second kappa shape index (κ2) is 11.7. The molecule has 2 N–H and O–H groups in total. The van der Waals surface area contributed by atoms with Crippen molar-refractivity contribution >= 4 is 29.3 Å². The van der Waals surface area contributed by atoms with E-state index >= 15 is 0 Å². The van der Waals surface area contributed by atoms with E-state index in [0.29, 0.717) is 48.3 Å². The quantitative estimate of drug-likeness (QED) is 0.419. The van der Waals surface area contributed by atoms with Gasteiger partial charge in [-0.1, -0.05) is 12.1 Å². The number of hydrogen-bond donors (Lipinski definition) is 2. The average molecular weight is 543 g/mol. The molecule has 1 saturated heterocycles. The summed E-state index contributed by atoms with van der Waals surface area (Å²) in [5.41, 5.74) is 3.76. The van der Waals surface area contributed by atoms with Crippen molar-refractivity contribution in [2.45, 2.75) is 25.8 Å². The van der Waals surface area contributed by atoms with E-state index in [0.717, 1.165) is 29.9 Å². The zero-order valence-corrected chi connectivity index (χ0v) is 23.0. The SMILES string of the molecule is CCNC(=O)c1ccc(N2C[C@@H]3C[C@H](C2)c2cccc(=O)n2C3)c(NC(=O)/C=C/c2ccc(OC)c(OC)c2)c1. The Morgan fingerprint density at radius 2 is 1.82 bits per heavy atom. The van der Waals surface area contributed by atoms with Crippen LogP contribution in [-0.4, -0.2) is 50.2 Å². The minimum atomic E-state index is -0.321. The first kappa shape index (κ1) is 27.1. The van der Waals surface area contributed by atoms with Gasteiger partial charge in [0.1, 0.15) is 0 Å². The van der Waals surface area contributed by atoms with Crippen LogP contribution in [0.1, 0.15) is 40.9 Å². The van der Waals surface area contributed by atoms with E-state index in [1.165, 1.54) is 6.08 Å². The van der Waals surface area contributed by atoms with Gasteiger partial charge in [-0.2, -0.15) is 0 Å². The molecular weight excluding hydrogens is 508 g/mol. The van der Waals surface area contributed by atoms with Gasteiger partial charge in [0.15, 0.2) is 11.5 Å². The van der Waals surface area contributed by atoms with E-state index < -0.39 is 0 Å². The summed E-state index contributed by atoms with van der Waals surface area (Å²) in [5.74, 6) is 1.17. The smallest absolute Gasteiger partial charge is 0.251 e. The lowest BCUT2D eigenvalue weighted by molar-refractivity contribution is -0.111. The maximum atomic E-state index is 13.1. The van der Waals surface area contributed by atoms with Gasteiger partial charge in [-0.15, -0.1) is 0 Å². The summed E-state index contributed by atoms with van der Waals surface area (Å²) in [6, 6.07) is 16.3. The van der Waals surface area contributed by atoms with Crippen LogP contribution < -0.4 is 30.6 Å². The Morgan fingerprint density at radius 1 is 1.00 bits per heavy atom. The number of amides is 2. The molecule has 9 nitrogen and oxygen atoms in total. The number of nitrogens with one attached hydrogen (secondary N) is 2. The van der Waals surface area contributed by atoms with Crippen LogP contribution in [-0.2, 0) is 11.3 Å². The van der Waals surface area contributed by atoms with Crippen molar-refractivity contribution in [3.8, 4) is 11.5 Å². The summed E-state index contributed by atoms with van der Waals surface area (Å²) in [5, 5.41) is 5.83. The van der Waals surface area contributed by atoms with Gasteiger partial charge in [-0.25, -0.2) is 0 Å². The normalized spacial score (nSPS) is 17.7. The Morgan fingerprint density at radius 3 is 2.60 bits per heavy atom. The summed E-state index contributed by atoms with van der Waals surface area (Å²) < 4.78 is 12.5. The van der Waals surface area contributed by atoms with E-state index in [1.807, 2.05) is 35.8 Å². The number of ether oxygens (including phenoxy) is 2. The number of benzene rings is 2. The third-order valence-corrected chi connectivity index (χ3v) is 7.51. The number of pyridine rings is 1. The van der Waals surface area contributed by atoms with Crippen LogP contribution in [0, 0.1) is 5.92 Å². The zero-order chi connectivity index (χ0) is 28.2. The highest BCUT2D eigenvalue weighted by atomic mass is 16.5. The number of anilines is 2. The van der Waals surface area contributed by atoms with Crippen molar-refractivity contribution in [1.29, 1.82) is 0 Å². The molecule has 2 aromatic carbocycles. The van der Waals surface area contributed by atoms with Crippen molar-refractivity contribution in [3.05, 3.63) is 87.8 Å². The first-order valence-electron chi connectivity index (χ1n) is 13.5. The van der Waals surface area contributed by atoms with Crippen LogP contribution in [0.5, 0.6) is 11.5 Å². The zero-order valence-electron chi connectivity index (χ0n) is 23.0. The maximum Gasteiger partial charge on any atom is 0.251 e. The van der Waals surface area contributed by atoms with Gasteiger partial charge in [0.2, 0.25) is 5.91 Å². The minimum Gasteiger partial charge on any atom is -0.493 e. The van der Waals surface area contributed by atoms with Crippen LogP contribution in [0.25, 0.3) is 6.08 Å². The van der Waals surface area contributed by atoms with Crippen molar-refractivity contribution < 1.29 is 19.1 Å². The Hall–Kier alpha value is -4.53.